The van der Waals surface area contributed by atoms with Crippen LogP contribution in [0.5, 0.6) is 0 Å². The van der Waals surface area contributed by atoms with Gasteiger partial charge in [-0.3, -0.25) is 14.5 Å². The van der Waals surface area contributed by atoms with Gasteiger partial charge < -0.3 is 15.0 Å². The molecular weight excluding hydrogens is 361 g/mol. The number of aliphatic hydroxyl groups is 1. The molecule has 0 saturated carbocycles. The zero-order valence-corrected chi connectivity index (χ0v) is 16.0. The van der Waals surface area contributed by atoms with Crippen LogP contribution in [-0.4, -0.2) is 58.1 Å². The van der Waals surface area contributed by atoms with Crippen molar-refractivity contribution in [2.75, 3.05) is 26.7 Å². The van der Waals surface area contributed by atoms with Gasteiger partial charge in [-0.05, 0) is 56.1 Å². The summed E-state index contributed by atoms with van der Waals surface area (Å²) in [7, 11) is 1.92. The molecule has 1 amide bonds. The average Bonchev–Trinajstić information content (AvgIpc) is 2.85. The van der Waals surface area contributed by atoms with Crippen molar-refractivity contribution in [1.82, 2.24) is 14.8 Å². The number of carbonyl (C=O) groups excluding carboxylic acids is 1. The van der Waals surface area contributed by atoms with Gasteiger partial charge in [0, 0.05) is 32.4 Å². The topological polar surface area (TPSA) is 76.6 Å². The molecule has 2 N–H and O–H groups in total. The predicted molar refractivity (Wildman–Crippen MR) is 105 cm³/mol. The van der Waals surface area contributed by atoms with E-state index in [-0.39, 0.29) is 17.3 Å². The molecule has 7 heteroatoms. The smallest absolute Gasteiger partial charge is 0.260 e. The van der Waals surface area contributed by atoms with Crippen molar-refractivity contribution in [1.29, 1.82) is 0 Å². The Bertz CT molecular complexity index is 868. The number of hydrogen-bond acceptors (Lipinski definition) is 4. The summed E-state index contributed by atoms with van der Waals surface area (Å²) in [6.07, 6.45) is 3.18. The third-order valence-corrected chi connectivity index (χ3v) is 5.18. The van der Waals surface area contributed by atoms with E-state index in [1.54, 1.807) is 23.1 Å². The number of likely N-dealkylation sites (N-methyl/N-ethyl adjacent to an activating group) is 1. The maximum Gasteiger partial charge on any atom is 0.260 e. The number of rotatable bonds is 5. The minimum Gasteiger partial charge on any atom is -0.388 e. The Kier molecular flexibility index (Phi) is 6.26. The number of benzene rings is 1. The second kappa shape index (κ2) is 8.67. The summed E-state index contributed by atoms with van der Waals surface area (Å²) in [5.74, 6) is -0.568. The maximum absolute atomic E-state index is 13.0. The number of nitrogens with zero attached hydrogens (tertiary/aromatic N) is 2. The van der Waals surface area contributed by atoms with Gasteiger partial charge in [0.15, 0.2) is 0 Å². The first-order valence-corrected chi connectivity index (χ1v) is 9.49. The van der Waals surface area contributed by atoms with Crippen LogP contribution >= 0.6 is 0 Å². The first-order chi connectivity index (χ1) is 13.4. The minimum atomic E-state index is -0.910. The summed E-state index contributed by atoms with van der Waals surface area (Å²) in [4.78, 5) is 30.7. The number of carbonyl (C=O) groups is 1. The van der Waals surface area contributed by atoms with E-state index in [0.717, 1.165) is 5.56 Å². The number of aromatic amines is 1. The summed E-state index contributed by atoms with van der Waals surface area (Å²) in [5.41, 5.74) is -0.207. The molecule has 28 heavy (non-hydrogen) atoms. The molecule has 1 aromatic heterocycles. The highest BCUT2D eigenvalue weighted by molar-refractivity contribution is 5.93. The zero-order valence-electron chi connectivity index (χ0n) is 16.0. The number of nitrogens with one attached hydrogen (secondary N) is 1. The number of H-pyrrole nitrogens is 1. The summed E-state index contributed by atoms with van der Waals surface area (Å²) in [5, 5.41) is 11.1. The third-order valence-electron chi connectivity index (χ3n) is 5.18. The Morgan fingerprint density at radius 3 is 2.71 bits per heavy atom. The summed E-state index contributed by atoms with van der Waals surface area (Å²) in [6.45, 7) is 1.97. The maximum atomic E-state index is 13.0. The van der Waals surface area contributed by atoms with Crippen LogP contribution < -0.4 is 5.56 Å². The van der Waals surface area contributed by atoms with E-state index in [4.69, 9.17) is 0 Å². The molecule has 3 rings (SSSR count). The monoisotopic (exact) mass is 387 g/mol. The summed E-state index contributed by atoms with van der Waals surface area (Å²) >= 11 is 0. The van der Waals surface area contributed by atoms with E-state index in [0.29, 0.717) is 45.4 Å². The average molecular weight is 387 g/mol. The van der Waals surface area contributed by atoms with Gasteiger partial charge in [-0.1, -0.05) is 12.1 Å². The third kappa shape index (κ3) is 5.05. The van der Waals surface area contributed by atoms with Crippen molar-refractivity contribution in [3.63, 3.8) is 0 Å². The highest BCUT2D eigenvalue weighted by Crippen LogP contribution is 2.24. The predicted octanol–water partition coefficient (Wildman–Crippen LogP) is 2.00. The molecule has 150 valence electrons. The first kappa shape index (κ1) is 20.2. The summed E-state index contributed by atoms with van der Waals surface area (Å²) in [6, 6.07) is 9.49. The van der Waals surface area contributed by atoms with Crippen molar-refractivity contribution < 1.29 is 14.3 Å². The molecule has 1 aliphatic rings. The van der Waals surface area contributed by atoms with E-state index >= 15 is 0 Å². The van der Waals surface area contributed by atoms with Gasteiger partial charge in [-0.2, -0.15) is 0 Å². The standard InChI is InChI=1S/C21H26FN3O3/c1-24(14-16-5-7-17(22)8-6-16)15-21(28)9-3-12-25(13-10-21)20(27)18-4-2-11-23-19(18)26/h2,4-8,11,28H,3,9-10,12-15H2,1H3,(H,23,26)/t21-/m0/s1. The highest BCUT2D eigenvalue weighted by Gasteiger charge is 2.33. The molecule has 2 aromatic rings. The van der Waals surface area contributed by atoms with E-state index < -0.39 is 11.2 Å². The van der Waals surface area contributed by atoms with Crippen molar-refractivity contribution in [3.05, 3.63) is 69.9 Å². The molecule has 1 fully saturated rings. The molecule has 2 heterocycles. The molecule has 0 aliphatic carbocycles. The van der Waals surface area contributed by atoms with Gasteiger partial charge in [0.2, 0.25) is 0 Å². The van der Waals surface area contributed by atoms with Crippen molar-refractivity contribution in [2.24, 2.45) is 0 Å². The first-order valence-electron chi connectivity index (χ1n) is 9.49. The quantitative estimate of drug-likeness (QED) is 0.823. The molecule has 1 aromatic carbocycles. The van der Waals surface area contributed by atoms with Crippen LogP contribution in [-0.2, 0) is 6.54 Å². The fourth-order valence-electron chi connectivity index (χ4n) is 3.76. The normalized spacial score (nSPS) is 20.2. The van der Waals surface area contributed by atoms with Gasteiger partial charge in [0.1, 0.15) is 11.4 Å². The second-order valence-electron chi connectivity index (χ2n) is 7.58. The highest BCUT2D eigenvalue weighted by atomic mass is 19.1. The van der Waals surface area contributed by atoms with Gasteiger partial charge in [0.05, 0.1) is 5.60 Å². The molecule has 0 bridgehead atoms. The Morgan fingerprint density at radius 2 is 2.00 bits per heavy atom. The van der Waals surface area contributed by atoms with Crippen LogP contribution in [0.15, 0.2) is 47.4 Å². The van der Waals surface area contributed by atoms with Gasteiger partial charge in [0.25, 0.3) is 11.5 Å². The largest absolute Gasteiger partial charge is 0.388 e. The SMILES string of the molecule is CN(Cc1ccc(F)cc1)C[C@]1(O)CCCN(C(=O)c2ccc[nH]c2=O)CC1. The molecule has 6 nitrogen and oxygen atoms in total. The molecule has 1 aliphatic heterocycles. The number of halogens is 1. The Labute approximate surface area is 163 Å². The lowest BCUT2D eigenvalue weighted by atomic mass is 9.94. The van der Waals surface area contributed by atoms with E-state index in [9.17, 15) is 19.1 Å². The lowest BCUT2D eigenvalue weighted by Gasteiger charge is -2.31. The number of pyridine rings is 1. The van der Waals surface area contributed by atoms with Crippen LogP contribution in [0.25, 0.3) is 0 Å². The van der Waals surface area contributed by atoms with Crippen molar-refractivity contribution in [2.45, 2.75) is 31.4 Å². The fourth-order valence-corrected chi connectivity index (χ4v) is 3.76. The number of likely N-dealkylation sites (tertiary alicyclic amines) is 1. The van der Waals surface area contributed by atoms with E-state index in [2.05, 4.69) is 4.98 Å². The molecule has 1 saturated heterocycles. The lowest BCUT2D eigenvalue weighted by Crippen LogP contribution is -2.42. The lowest BCUT2D eigenvalue weighted by molar-refractivity contribution is -0.00401. The molecule has 0 radical (unpaired) electrons. The molecule has 0 spiro atoms. The zero-order chi connectivity index (χ0) is 20.1. The Balaban J connectivity index is 1.60. The Morgan fingerprint density at radius 1 is 1.25 bits per heavy atom. The van der Waals surface area contributed by atoms with Gasteiger partial charge in [-0.25, -0.2) is 4.39 Å². The second-order valence-corrected chi connectivity index (χ2v) is 7.58. The van der Waals surface area contributed by atoms with Crippen molar-refractivity contribution >= 4 is 5.91 Å². The summed E-state index contributed by atoms with van der Waals surface area (Å²) < 4.78 is 13.0. The van der Waals surface area contributed by atoms with Crippen LogP contribution in [0, 0.1) is 5.82 Å². The fraction of sp³-hybridized carbons (Fsp3) is 0.429. The van der Waals surface area contributed by atoms with Crippen LogP contribution in [0.1, 0.15) is 35.2 Å². The molecular formula is C21H26FN3O3. The van der Waals surface area contributed by atoms with Gasteiger partial charge in [-0.15, -0.1) is 0 Å². The van der Waals surface area contributed by atoms with Gasteiger partial charge >= 0.3 is 0 Å². The number of amides is 1. The van der Waals surface area contributed by atoms with Crippen LogP contribution in [0.2, 0.25) is 0 Å². The molecule has 1 atom stereocenters. The number of aromatic nitrogens is 1. The molecule has 0 unspecified atom stereocenters. The van der Waals surface area contributed by atoms with E-state index in [1.165, 1.54) is 24.4 Å². The van der Waals surface area contributed by atoms with Crippen LogP contribution in [0.3, 0.4) is 0 Å². The Hall–Kier alpha value is -2.51. The van der Waals surface area contributed by atoms with E-state index in [1.807, 2.05) is 11.9 Å². The van der Waals surface area contributed by atoms with Crippen LogP contribution in [0.4, 0.5) is 4.39 Å². The minimum absolute atomic E-state index is 0.126. The van der Waals surface area contributed by atoms with Crippen molar-refractivity contribution in [3.8, 4) is 0 Å². The number of hydrogen-bond donors (Lipinski definition) is 2.